The van der Waals surface area contributed by atoms with E-state index in [4.69, 9.17) is 4.74 Å². The Morgan fingerprint density at radius 1 is 1.19 bits per heavy atom. The summed E-state index contributed by atoms with van der Waals surface area (Å²) in [5.74, 6) is 0.395. The van der Waals surface area contributed by atoms with Gasteiger partial charge < -0.3 is 9.29 Å². The molecule has 0 saturated carbocycles. The molecule has 0 spiro atoms. The molecular formula is C20H15NO4S2. The lowest BCUT2D eigenvalue weighted by Crippen LogP contribution is -2.27. The number of Topliss-reactive ketones (excluding diaryl/α,β-unsaturated/α-hetero) is 1. The first-order valence-corrected chi connectivity index (χ1v) is 9.95. The fourth-order valence-corrected chi connectivity index (χ4v) is 4.27. The van der Waals surface area contributed by atoms with Crippen LogP contribution in [-0.2, 0) is 4.79 Å². The summed E-state index contributed by atoms with van der Waals surface area (Å²) in [5, 5.41) is 0.581. The van der Waals surface area contributed by atoms with Crippen molar-refractivity contribution in [1.29, 1.82) is 0 Å². The van der Waals surface area contributed by atoms with Crippen molar-refractivity contribution in [1.82, 2.24) is 0 Å². The lowest BCUT2D eigenvalue weighted by molar-refractivity contribution is -0.107. The van der Waals surface area contributed by atoms with E-state index in [9.17, 15) is 14.1 Å². The Bertz CT molecular complexity index is 969. The molecule has 4 rings (SSSR count). The van der Waals surface area contributed by atoms with E-state index in [0.29, 0.717) is 45.4 Å². The van der Waals surface area contributed by atoms with Gasteiger partial charge in [-0.05, 0) is 23.9 Å². The number of benzene rings is 2. The standard InChI is InChI=1S/C20H15NO4S2/c22-15-11-13(25-16-7-4-8-17(27-24)18(15)16)9-10-14-20(23)26-19(21-14)12-5-2-1-3-6-12/h1-8,10,13,24H,9,11H2. The highest BCUT2D eigenvalue weighted by Crippen LogP contribution is 2.35. The minimum absolute atomic E-state index is 0.0719. The monoisotopic (exact) mass is 397 g/mol. The molecular weight excluding hydrogens is 382 g/mol. The van der Waals surface area contributed by atoms with E-state index >= 15 is 0 Å². The second kappa shape index (κ2) is 7.72. The first-order valence-electron chi connectivity index (χ1n) is 8.36. The van der Waals surface area contributed by atoms with E-state index in [-0.39, 0.29) is 23.4 Å². The van der Waals surface area contributed by atoms with Crippen molar-refractivity contribution in [3.63, 3.8) is 0 Å². The maximum absolute atomic E-state index is 12.4. The molecule has 1 atom stereocenters. The fourth-order valence-electron chi connectivity index (χ4n) is 3.02. The molecule has 0 fully saturated rings. The number of hydrogen-bond acceptors (Lipinski definition) is 7. The van der Waals surface area contributed by atoms with E-state index in [1.54, 1.807) is 24.3 Å². The van der Waals surface area contributed by atoms with Gasteiger partial charge in [0.2, 0.25) is 5.12 Å². The van der Waals surface area contributed by atoms with Gasteiger partial charge in [0.05, 0.1) is 5.56 Å². The molecule has 136 valence electrons. The van der Waals surface area contributed by atoms with E-state index in [0.717, 1.165) is 17.3 Å². The SMILES string of the molecule is O=C1SC(c2ccccc2)=NC1=CCC1CC(=O)c2c(cccc2SO)O1. The topological polar surface area (TPSA) is 76.0 Å². The summed E-state index contributed by atoms with van der Waals surface area (Å²) in [7, 11) is 0. The molecule has 2 aliphatic heterocycles. The number of aliphatic imine (C=N–C) groups is 1. The predicted molar refractivity (Wildman–Crippen MR) is 107 cm³/mol. The first kappa shape index (κ1) is 18.0. The number of rotatable bonds is 4. The molecule has 7 heteroatoms. The zero-order valence-electron chi connectivity index (χ0n) is 14.1. The Morgan fingerprint density at radius 2 is 2.00 bits per heavy atom. The van der Waals surface area contributed by atoms with Crippen molar-refractivity contribution < 1.29 is 18.9 Å². The van der Waals surface area contributed by atoms with Crippen LogP contribution in [0.1, 0.15) is 28.8 Å². The molecule has 0 radical (unpaired) electrons. The van der Waals surface area contributed by atoms with Gasteiger partial charge in [0.25, 0.3) is 0 Å². The largest absolute Gasteiger partial charge is 0.489 e. The molecule has 5 nitrogen and oxygen atoms in total. The van der Waals surface area contributed by atoms with Crippen molar-refractivity contribution in [2.24, 2.45) is 4.99 Å². The molecule has 0 aromatic heterocycles. The smallest absolute Gasteiger partial charge is 0.243 e. The second-order valence-electron chi connectivity index (χ2n) is 6.09. The maximum Gasteiger partial charge on any atom is 0.243 e. The van der Waals surface area contributed by atoms with Crippen LogP contribution in [0.4, 0.5) is 0 Å². The summed E-state index contributed by atoms with van der Waals surface area (Å²) in [4.78, 5) is 29.6. The summed E-state index contributed by atoms with van der Waals surface area (Å²) in [5.41, 5.74) is 1.72. The normalized spacial score (nSPS) is 20.4. The van der Waals surface area contributed by atoms with Crippen molar-refractivity contribution in [3.05, 3.63) is 71.4 Å². The molecule has 2 aromatic rings. The zero-order chi connectivity index (χ0) is 18.8. The second-order valence-corrected chi connectivity index (χ2v) is 7.67. The number of nitrogens with zero attached hydrogens (tertiary/aromatic N) is 1. The molecule has 2 aliphatic rings. The van der Waals surface area contributed by atoms with Crippen LogP contribution in [-0.4, -0.2) is 26.6 Å². The number of ether oxygens (including phenoxy) is 1. The van der Waals surface area contributed by atoms with Crippen LogP contribution in [0.2, 0.25) is 0 Å². The summed E-state index contributed by atoms with van der Waals surface area (Å²) in [6.45, 7) is 0. The average Bonchev–Trinajstić information content (AvgIpc) is 3.07. The molecule has 0 amide bonds. The van der Waals surface area contributed by atoms with Crippen LogP contribution < -0.4 is 4.74 Å². The lowest BCUT2D eigenvalue weighted by atomic mass is 9.98. The minimum Gasteiger partial charge on any atom is -0.489 e. The van der Waals surface area contributed by atoms with Crippen LogP contribution in [0.3, 0.4) is 0 Å². The van der Waals surface area contributed by atoms with Crippen molar-refractivity contribution in [2.75, 3.05) is 0 Å². The van der Waals surface area contributed by atoms with Gasteiger partial charge in [0.1, 0.15) is 22.6 Å². The van der Waals surface area contributed by atoms with Gasteiger partial charge in [-0.2, -0.15) is 0 Å². The Hall–Kier alpha value is -2.35. The Kier molecular flexibility index (Phi) is 5.15. The molecule has 27 heavy (non-hydrogen) atoms. The Labute approximate surface area is 164 Å². The molecule has 2 heterocycles. The van der Waals surface area contributed by atoms with E-state index in [1.165, 1.54) is 0 Å². The summed E-state index contributed by atoms with van der Waals surface area (Å²) in [6.07, 6.45) is 1.99. The minimum atomic E-state index is -0.356. The maximum atomic E-state index is 12.4. The number of carbonyl (C=O) groups excluding carboxylic acids is 2. The van der Waals surface area contributed by atoms with E-state index in [2.05, 4.69) is 4.99 Å². The Balaban J connectivity index is 1.51. The third-order valence-electron chi connectivity index (χ3n) is 4.29. The zero-order valence-corrected chi connectivity index (χ0v) is 15.8. The molecule has 1 unspecified atom stereocenters. The van der Waals surface area contributed by atoms with Gasteiger partial charge in [-0.15, -0.1) is 0 Å². The number of thioether (sulfide) groups is 1. The predicted octanol–water partition coefficient (Wildman–Crippen LogP) is 4.58. The lowest BCUT2D eigenvalue weighted by Gasteiger charge is -2.25. The molecule has 1 N–H and O–H groups in total. The van der Waals surface area contributed by atoms with E-state index in [1.807, 2.05) is 30.3 Å². The van der Waals surface area contributed by atoms with Crippen LogP contribution >= 0.6 is 23.8 Å². The molecule has 0 bridgehead atoms. The quantitative estimate of drug-likeness (QED) is 0.601. The highest BCUT2D eigenvalue weighted by atomic mass is 32.2. The molecule has 0 saturated heterocycles. The van der Waals surface area contributed by atoms with Gasteiger partial charge >= 0.3 is 0 Å². The third kappa shape index (κ3) is 3.71. The first-order chi connectivity index (χ1) is 13.2. The van der Waals surface area contributed by atoms with Gasteiger partial charge in [-0.3, -0.25) is 9.59 Å². The summed E-state index contributed by atoms with van der Waals surface area (Å²) < 4.78 is 15.2. The Morgan fingerprint density at radius 3 is 2.78 bits per heavy atom. The summed E-state index contributed by atoms with van der Waals surface area (Å²) >= 11 is 1.65. The fraction of sp³-hybridized carbons (Fsp3) is 0.150. The van der Waals surface area contributed by atoms with Gasteiger partial charge in [-0.25, -0.2) is 4.99 Å². The molecule has 2 aromatic carbocycles. The van der Waals surface area contributed by atoms with Crippen LogP contribution in [0, 0.1) is 0 Å². The van der Waals surface area contributed by atoms with Crippen LogP contribution in [0.25, 0.3) is 0 Å². The number of fused-ring (bicyclic) bond motifs is 1. The van der Waals surface area contributed by atoms with Crippen LogP contribution in [0.5, 0.6) is 5.75 Å². The van der Waals surface area contributed by atoms with Gasteiger partial charge in [0, 0.05) is 35.3 Å². The highest BCUT2D eigenvalue weighted by molar-refractivity contribution is 8.27. The van der Waals surface area contributed by atoms with Crippen molar-refractivity contribution in [2.45, 2.75) is 23.8 Å². The van der Waals surface area contributed by atoms with Crippen molar-refractivity contribution in [3.8, 4) is 5.75 Å². The van der Waals surface area contributed by atoms with Crippen LogP contribution in [0.15, 0.2) is 70.2 Å². The summed E-state index contributed by atoms with van der Waals surface area (Å²) in [6, 6.07) is 14.7. The average molecular weight is 397 g/mol. The van der Waals surface area contributed by atoms with E-state index < -0.39 is 0 Å². The molecule has 0 aliphatic carbocycles. The van der Waals surface area contributed by atoms with Crippen molar-refractivity contribution >= 4 is 39.7 Å². The van der Waals surface area contributed by atoms with Gasteiger partial charge in [-0.1, -0.05) is 42.5 Å². The van der Waals surface area contributed by atoms with Gasteiger partial charge in [0.15, 0.2) is 5.78 Å². The number of ketones is 1. The number of carbonyl (C=O) groups is 2. The number of hydrogen-bond donors (Lipinski definition) is 1. The highest BCUT2D eigenvalue weighted by Gasteiger charge is 2.29. The third-order valence-corrected chi connectivity index (χ3v) is 5.74.